The second kappa shape index (κ2) is 8.93. The molecule has 3 N–H and O–H groups in total. The molecule has 0 saturated heterocycles. The molecular weight excluding hydrogens is 182 g/mol. The molecule has 1 amide bonds. The lowest BCUT2D eigenvalue weighted by Gasteiger charge is -2.19. The number of nitrogens with zero attached hydrogens (tertiary/aromatic N) is 1. The van der Waals surface area contributed by atoms with Crippen LogP contribution < -0.4 is 11.3 Å². The summed E-state index contributed by atoms with van der Waals surface area (Å²) < 4.78 is 4.98. The van der Waals surface area contributed by atoms with Crippen molar-refractivity contribution in [3.05, 3.63) is 0 Å². The number of hydrogen-bond acceptors (Lipinski definition) is 4. The number of ether oxygens (including phenoxy) is 1. The molecule has 0 rings (SSSR count). The van der Waals surface area contributed by atoms with E-state index in [4.69, 9.17) is 10.6 Å². The molecule has 0 radical (unpaired) electrons. The van der Waals surface area contributed by atoms with Crippen molar-refractivity contribution in [2.75, 3.05) is 33.4 Å². The monoisotopic (exact) mass is 203 g/mol. The van der Waals surface area contributed by atoms with Gasteiger partial charge < -0.3 is 9.64 Å². The zero-order chi connectivity index (χ0) is 10.8. The van der Waals surface area contributed by atoms with Crippen molar-refractivity contribution in [1.29, 1.82) is 0 Å². The fourth-order valence-electron chi connectivity index (χ4n) is 1.18. The van der Waals surface area contributed by atoms with E-state index in [1.165, 1.54) is 0 Å². The highest BCUT2D eigenvalue weighted by Gasteiger charge is 2.03. The molecule has 0 aliphatic rings. The number of carbonyl (C=O) groups excluding carboxylic acids is 1. The molecule has 0 aliphatic heterocycles. The molecule has 5 nitrogen and oxygen atoms in total. The van der Waals surface area contributed by atoms with Crippen LogP contribution in [0.3, 0.4) is 0 Å². The van der Waals surface area contributed by atoms with Crippen LogP contribution in [-0.4, -0.2) is 44.2 Å². The summed E-state index contributed by atoms with van der Waals surface area (Å²) in [5, 5.41) is 0. The zero-order valence-electron chi connectivity index (χ0n) is 9.08. The molecule has 0 saturated carbocycles. The first-order chi connectivity index (χ1) is 6.74. The maximum absolute atomic E-state index is 10.8. The van der Waals surface area contributed by atoms with Gasteiger partial charge in [-0.2, -0.15) is 0 Å². The highest BCUT2D eigenvalue weighted by atomic mass is 16.5. The van der Waals surface area contributed by atoms with Crippen molar-refractivity contribution in [3.63, 3.8) is 0 Å². The third-order valence-electron chi connectivity index (χ3n) is 2.10. The van der Waals surface area contributed by atoms with Gasteiger partial charge in [0.05, 0.1) is 6.61 Å². The molecule has 0 unspecified atom stereocenters. The van der Waals surface area contributed by atoms with Crippen LogP contribution in [0.1, 0.15) is 19.8 Å². The normalized spacial score (nSPS) is 10.6. The zero-order valence-corrected chi connectivity index (χ0v) is 9.08. The van der Waals surface area contributed by atoms with Crippen molar-refractivity contribution in [1.82, 2.24) is 10.3 Å². The van der Waals surface area contributed by atoms with Gasteiger partial charge >= 0.3 is 0 Å². The largest absolute Gasteiger partial charge is 0.383 e. The third-order valence-corrected chi connectivity index (χ3v) is 2.10. The number of likely N-dealkylation sites (N-methyl/N-ethyl adjacent to an activating group) is 1. The lowest BCUT2D eigenvalue weighted by atomic mass is 10.3. The van der Waals surface area contributed by atoms with Gasteiger partial charge in [0.1, 0.15) is 0 Å². The Labute approximate surface area is 85.6 Å². The van der Waals surface area contributed by atoms with Crippen LogP contribution in [-0.2, 0) is 9.53 Å². The smallest absolute Gasteiger partial charge is 0.233 e. The maximum Gasteiger partial charge on any atom is 0.233 e. The summed E-state index contributed by atoms with van der Waals surface area (Å²) in [4.78, 5) is 13.1. The van der Waals surface area contributed by atoms with Crippen LogP contribution in [0.25, 0.3) is 0 Å². The predicted octanol–water partition coefficient (Wildman–Crippen LogP) is -0.275. The Morgan fingerprint density at radius 1 is 1.50 bits per heavy atom. The van der Waals surface area contributed by atoms with Crippen molar-refractivity contribution < 1.29 is 9.53 Å². The van der Waals surface area contributed by atoms with E-state index in [1.54, 1.807) is 7.11 Å². The van der Waals surface area contributed by atoms with E-state index in [0.29, 0.717) is 6.42 Å². The fraction of sp³-hybridized carbons (Fsp3) is 0.889. The molecule has 0 aromatic rings. The van der Waals surface area contributed by atoms with Gasteiger partial charge in [-0.3, -0.25) is 10.2 Å². The van der Waals surface area contributed by atoms with Crippen LogP contribution in [0, 0.1) is 0 Å². The van der Waals surface area contributed by atoms with Gasteiger partial charge in [0.2, 0.25) is 5.91 Å². The van der Waals surface area contributed by atoms with Crippen LogP contribution in [0.4, 0.5) is 0 Å². The number of methoxy groups -OCH3 is 1. The molecule has 0 heterocycles. The molecule has 14 heavy (non-hydrogen) atoms. The number of nitrogens with two attached hydrogens (primary N) is 1. The summed E-state index contributed by atoms with van der Waals surface area (Å²) in [5.74, 6) is 4.86. The summed E-state index contributed by atoms with van der Waals surface area (Å²) in [7, 11) is 1.69. The minimum Gasteiger partial charge on any atom is -0.383 e. The molecule has 0 bridgehead atoms. The number of nitrogens with one attached hydrogen (secondary N) is 1. The van der Waals surface area contributed by atoms with Crippen molar-refractivity contribution in [3.8, 4) is 0 Å². The Hall–Kier alpha value is -0.650. The molecule has 84 valence electrons. The Balaban J connectivity index is 3.46. The van der Waals surface area contributed by atoms with E-state index >= 15 is 0 Å². The van der Waals surface area contributed by atoms with Crippen LogP contribution >= 0.6 is 0 Å². The van der Waals surface area contributed by atoms with E-state index in [0.717, 1.165) is 32.7 Å². The van der Waals surface area contributed by atoms with Gasteiger partial charge in [0, 0.05) is 20.1 Å². The number of amides is 1. The molecule has 0 aliphatic carbocycles. The lowest BCUT2D eigenvalue weighted by molar-refractivity contribution is -0.121. The maximum atomic E-state index is 10.8. The van der Waals surface area contributed by atoms with Gasteiger partial charge in [-0.05, 0) is 19.5 Å². The van der Waals surface area contributed by atoms with Crippen molar-refractivity contribution in [2.45, 2.75) is 19.8 Å². The van der Waals surface area contributed by atoms with E-state index in [9.17, 15) is 4.79 Å². The SMILES string of the molecule is CCN(CCCC(=O)NN)CCOC. The Kier molecular flexibility index (Phi) is 8.51. The molecule has 0 atom stereocenters. The molecular formula is C9H21N3O2. The lowest BCUT2D eigenvalue weighted by Crippen LogP contribution is -2.32. The van der Waals surface area contributed by atoms with Crippen molar-refractivity contribution >= 4 is 5.91 Å². The first-order valence-corrected chi connectivity index (χ1v) is 4.95. The van der Waals surface area contributed by atoms with E-state index in [1.807, 2.05) is 0 Å². The standard InChI is InChI=1S/C9H21N3O2/c1-3-12(7-8-14-2)6-4-5-9(13)11-10/h3-8,10H2,1-2H3,(H,11,13). The highest BCUT2D eigenvalue weighted by molar-refractivity contribution is 5.75. The highest BCUT2D eigenvalue weighted by Crippen LogP contribution is 1.95. The van der Waals surface area contributed by atoms with E-state index < -0.39 is 0 Å². The van der Waals surface area contributed by atoms with E-state index in [2.05, 4.69) is 17.2 Å². The first-order valence-electron chi connectivity index (χ1n) is 4.95. The topological polar surface area (TPSA) is 67.6 Å². The molecule has 0 fully saturated rings. The Bertz CT molecular complexity index is 153. The fourth-order valence-corrected chi connectivity index (χ4v) is 1.18. The second-order valence-electron chi connectivity index (χ2n) is 3.10. The van der Waals surface area contributed by atoms with Gasteiger partial charge in [0.25, 0.3) is 0 Å². The van der Waals surface area contributed by atoms with Gasteiger partial charge in [0.15, 0.2) is 0 Å². The van der Waals surface area contributed by atoms with Crippen LogP contribution in [0.5, 0.6) is 0 Å². The third kappa shape index (κ3) is 6.82. The number of hydrogen-bond donors (Lipinski definition) is 2. The first kappa shape index (κ1) is 13.4. The average molecular weight is 203 g/mol. The number of hydrazine groups is 1. The summed E-state index contributed by atoms with van der Waals surface area (Å²) in [6, 6.07) is 0. The van der Waals surface area contributed by atoms with Gasteiger partial charge in [-0.15, -0.1) is 0 Å². The molecule has 0 aromatic carbocycles. The van der Waals surface area contributed by atoms with E-state index in [-0.39, 0.29) is 5.91 Å². The number of carbonyl (C=O) groups is 1. The molecule has 5 heteroatoms. The minimum atomic E-state index is -0.104. The summed E-state index contributed by atoms with van der Waals surface area (Å²) >= 11 is 0. The van der Waals surface area contributed by atoms with Gasteiger partial charge in [-0.25, -0.2) is 5.84 Å². The van der Waals surface area contributed by atoms with Crippen LogP contribution in [0.15, 0.2) is 0 Å². The molecule has 0 aromatic heterocycles. The van der Waals surface area contributed by atoms with Crippen LogP contribution in [0.2, 0.25) is 0 Å². The van der Waals surface area contributed by atoms with Crippen molar-refractivity contribution in [2.24, 2.45) is 5.84 Å². The average Bonchev–Trinajstić information content (AvgIpc) is 2.22. The Morgan fingerprint density at radius 2 is 2.21 bits per heavy atom. The van der Waals surface area contributed by atoms with Gasteiger partial charge in [-0.1, -0.05) is 6.92 Å². The quantitative estimate of drug-likeness (QED) is 0.323. The predicted molar refractivity (Wildman–Crippen MR) is 55.6 cm³/mol. The summed E-state index contributed by atoms with van der Waals surface area (Å²) in [6.45, 7) is 5.63. The Morgan fingerprint density at radius 3 is 2.71 bits per heavy atom. The minimum absolute atomic E-state index is 0.104. The second-order valence-corrected chi connectivity index (χ2v) is 3.10. The number of rotatable bonds is 8. The summed E-state index contributed by atoms with van der Waals surface area (Å²) in [5.41, 5.74) is 2.12. The molecule has 0 spiro atoms. The summed E-state index contributed by atoms with van der Waals surface area (Å²) in [6.07, 6.45) is 1.32.